The quantitative estimate of drug-likeness (QED) is 0.0321. The topological polar surface area (TPSA) is 95.9 Å². The molecule has 416 valence electrons. The van der Waals surface area contributed by atoms with Crippen molar-refractivity contribution < 1.29 is 24.5 Å². The van der Waals surface area contributed by atoms with Crippen molar-refractivity contribution in [3.05, 3.63) is 12.2 Å². The number of aliphatic hydroxyl groups is 2. The Kier molecular flexibility index (Phi) is 59.0. The Hall–Kier alpha value is -1.40. The Morgan fingerprint density at radius 2 is 0.657 bits per heavy atom. The minimum absolute atomic E-state index is 0.0171. The van der Waals surface area contributed by atoms with Crippen LogP contribution in [0.25, 0.3) is 0 Å². The highest BCUT2D eigenvalue weighted by atomic mass is 16.5. The van der Waals surface area contributed by atoms with Crippen molar-refractivity contribution in [2.45, 2.75) is 373 Å². The molecule has 0 heterocycles. The highest BCUT2D eigenvalue weighted by Crippen LogP contribution is 2.18. The van der Waals surface area contributed by atoms with Gasteiger partial charge in [0.15, 0.2) is 0 Å². The van der Waals surface area contributed by atoms with Gasteiger partial charge < -0.3 is 20.3 Å². The molecule has 0 aromatic carbocycles. The van der Waals surface area contributed by atoms with Crippen LogP contribution in [0.1, 0.15) is 361 Å². The summed E-state index contributed by atoms with van der Waals surface area (Å²) in [6.45, 7) is 4.93. The fourth-order valence-electron chi connectivity index (χ4n) is 10.2. The van der Waals surface area contributed by atoms with E-state index in [4.69, 9.17) is 4.74 Å². The number of rotatable bonds is 60. The van der Waals surface area contributed by atoms with Gasteiger partial charge in [-0.05, 0) is 32.1 Å². The standard InChI is InChI=1S/C64H125NO5/c1-3-5-7-9-11-13-15-16-17-30-33-37-40-44-48-52-56-62(67)61(60-66)65-63(68)57-53-49-45-41-38-34-31-28-26-24-22-20-18-19-21-23-25-27-29-32-35-39-43-47-51-55-59-70-64(69)58-54-50-46-42-36-14-12-10-8-6-4-2/h52,56,61-62,66-67H,3-51,53-55,57-60H2,1-2H3,(H,65,68)/b56-52+. The Bertz CT molecular complexity index is 1050. The predicted octanol–water partition coefficient (Wildman–Crippen LogP) is 20.0. The van der Waals surface area contributed by atoms with Crippen molar-refractivity contribution in [1.29, 1.82) is 0 Å². The van der Waals surface area contributed by atoms with Crippen LogP contribution in [0, 0.1) is 0 Å². The normalized spacial score (nSPS) is 12.6. The predicted molar refractivity (Wildman–Crippen MR) is 306 cm³/mol. The fraction of sp³-hybridized carbons (Fsp3) is 0.938. The van der Waals surface area contributed by atoms with Gasteiger partial charge in [0.1, 0.15) is 0 Å². The van der Waals surface area contributed by atoms with Crippen LogP contribution >= 0.6 is 0 Å². The van der Waals surface area contributed by atoms with Crippen molar-refractivity contribution >= 4 is 11.9 Å². The maximum atomic E-state index is 12.5. The van der Waals surface area contributed by atoms with Gasteiger partial charge >= 0.3 is 5.97 Å². The zero-order valence-electron chi connectivity index (χ0n) is 47.5. The van der Waals surface area contributed by atoms with Crippen LogP contribution in [0.4, 0.5) is 0 Å². The van der Waals surface area contributed by atoms with Crippen LogP contribution in [-0.4, -0.2) is 47.4 Å². The lowest BCUT2D eigenvalue weighted by atomic mass is 10.0. The van der Waals surface area contributed by atoms with Crippen LogP contribution in [0.3, 0.4) is 0 Å². The SMILES string of the molecule is CCCCCCCCCCCCCCCC/C=C/C(O)C(CO)NC(=O)CCCCCCCCCCCCCCCCCCCCCCCCCCCCOC(=O)CCCCCCCCCCCCC. The monoisotopic (exact) mass is 988 g/mol. The largest absolute Gasteiger partial charge is 0.466 e. The van der Waals surface area contributed by atoms with E-state index >= 15 is 0 Å². The number of unbranched alkanes of at least 4 members (excludes halogenated alkanes) is 49. The van der Waals surface area contributed by atoms with Crippen molar-refractivity contribution in [1.82, 2.24) is 5.32 Å². The summed E-state index contributed by atoms with van der Waals surface area (Å²) in [4.78, 5) is 24.5. The van der Waals surface area contributed by atoms with Gasteiger partial charge in [-0.25, -0.2) is 0 Å². The van der Waals surface area contributed by atoms with E-state index < -0.39 is 12.1 Å². The van der Waals surface area contributed by atoms with Crippen molar-refractivity contribution in [2.24, 2.45) is 0 Å². The van der Waals surface area contributed by atoms with E-state index in [1.807, 2.05) is 6.08 Å². The average molecular weight is 989 g/mol. The first-order valence-corrected chi connectivity index (χ1v) is 32.0. The first kappa shape index (κ1) is 68.6. The molecule has 2 atom stereocenters. The van der Waals surface area contributed by atoms with E-state index in [0.717, 1.165) is 38.5 Å². The minimum atomic E-state index is -0.842. The molecule has 0 saturated carbocycles. The summed E-state index contributed by atoms with van der Waals surface area (Å²) in [5, 5.41) is 23.2. The Balaban J connectivity index is 3.37. The molecule has 0 radical (unpaired) electrons. The number of esters is 1. The van der Waals surface area contributed by atoms with Gasteiger partial charge in [-0.15, -0.1) is 0 Å². The van der Waals surface area contributed by atoms with Gasteiger partial charge in [-0.2, -0.15) is 0 Å². The van der Waals surface area contributed by atoms with E-state index in [1.54, 1.807) is 6.08 Å². The molecule has 0 bridgehead atoms. The Morgan fingerprint density at radius 3 is 0.971 bits per heavy atom. The highest BCUT2D eigenvalue weighted by molar-refractivity contribution is 5.76. The van der Waals surface area contributed by atoms with Gasteiger partial charge in [0.05, 0.1) is 25.4 Å². The van der Waals surface area contributed by atoms with Crippen molar-refractivity contribution in [3.8, 4) is 0 Å². The number of nitrogens with one attached hydrogen (secondary N) is 1. The summed E-state index contributed by atoms with van der Waals surface area (Å²) < 4.78 is 5.47. The number of ether oxygens (including phenoxy) is 1. The van der Waals surface area contributed by atoms with Crippen LogP contribution in [0.2, 0.25) is 0 Å². The zero-order chi connectivity index (χ0) is 50.7. The molecule has 0 fully saturated rings. The van der Waals surface area contributed by atoms with E-state index in [0.29, 0.717) is 19.4 Å². The summed E-state index contributed by atoms with van der Waals surface area (Å²) in [6.07, 6.45) is 72.6. The second-order valence-electron chi connectivity index (χ2n) is 22.1. The molecule has 0 rings (SSSR count). The minimum Gasteiger partial charge on any atom is -0.466 e. The van der Waals surface area contributed by atoms with Gasteiger partial charge in [0, 0.05) is 12.8 Å². The van der Waals surface area contributed by atoms with Crippen molar-refractivity contribution in [3.63, 3.8) is 0 Å². The third-order valence-electron chi connectivity index (χ3n) is 15.1. The van der Waals surface area contributed by atoms with E-state index in [2.05, 4.69) is 19.2 Å². The number of hydrogen-bond acceptors (Lipinski definition) is 5. The molecule has 3 N–H and O–H groups in total. The maximum absolute atomic E-state index is 12.5. The summed E-state index contributed by atoms with van der Waals surface area (Å²) in [6, 6.07) is -0.625. The summed E-state index contributed by atoms with van der Waals surface area (Å²) in [5.41, 5.74) is 0. The second kappa shape index (κ2) is 60.2. The van der Waals surface area contributed by atoms with Crippen LogP contribution in [0.15, 0.2) is 12.2 Å². The van der Waals surface area contributed by atoms with Gasteiger partial charge in [0.2, 0.25) is 5.91 Å². The number of carbonyl (C=O) groups excluding carboxylic acids is 2. The lowest BCUT2D eigenvalue weighted by molar-refractivity contribution is -0.143. The van der Waals surface area contributed by atoms with Crippen LogP contribution in [0.5, 0.6) is 0 Å². The molecule has 0 aliphatic heterocycles. The summed E-state index contributed by atoms with van der Waals surface area (Å²) in [7, 11) is 0. The van der Waals surface area contributed by atoms with E-state index in [1.165, 1.54) is 295 Å². The second-order valence-corrected chi connectivity index (χ2v) is 22.1. The number of aliphatic hydroxyl groups excluding tert-OH is 2. The zero-order valence-corrected chi connectivity index (χ0v) is 47.5. The Labute approximate surface area is 438 Å². The molecular formula is C64H125NO5. The highest BCUT2D eigenvalue weighted by Gasteiger charge is 2.18. The summed E-state index contributed by atoms with van der Waals surface area (Å²) in [5.74, 6) is -0.0458. The van der Waals surface area contributed by atoms with Gasteiger partial charge in [0.25, 0.3) is 0 Å². The Morgan fingerprint density at radius 1 is 0.386 bits per heavy atom. The number of hydrogen-bond donors (Lipinski definition) is 3. The molecule has 6 nitrogen and oxygen atoms in total. The van der Waals surface area contributed by atoms with E-state index in [9.17, 15) is 19.8 Å². The molecule has 70 heavy (non-hydrogen) atoms. The lowest BCUT2D eigenvalue weighted by Gasteiger charge is -2.20. The maximum Gasteiger partial charge on any atom is 0.305 e. The number of carbonyl (C=O) groups is 2. The molecule has 2 unspecified atom stereocenters. The van der Waals surface area contributed by atoms with Crippen LogP contribution in [-0.2, 0) is 14.3 Å². The van der Waals surface area contributed by atoms with Crippen LogP contribution < -0.4 is 5.32 Å². The molecular weight excluding hydrogens is 863 g/mol. The van der Waals surface area contributed by atoms with E-state index in [-0.39, 0.29) is 18.5 Å². The van der Waals surface area contributed by atoms with Gasteiger partial charge in [-0.1, -0.05) is 328 Å². The fourth-order valence-corrected chi connectivity index (χ4v) is 10.2. The lowest BCUT2D eigenvalue weighted by Crippen LogP contribution is -2.45. The first-order chi connectivity index (χ1) is 34.5. The molecule has 6 heteroatoms. The molecule has 0 aromatic rings. The smallest absolute Gasteiger partial charge is 0.305 e. The third-order valence-corrected chi connectivity index (χ3v) is 15.1. The molecule has 0 aliphatic rings. The molecule has 0 aliphatic carbocycles. The summed E-state index contributed by atoms with van der Waals surface area (Å²) >= 11 is 0. The van der Waals surface area contributed by atoms with Crippen molar-refractivity contribution in [2.75, 3.05) is 13.2 Å². The number of amides is 1. The number of allylic oxidation sites excluding steroid dienone is 1. The third kappa shape index (κ3) is 55.9. The average Bonchev–Trinajstić information content (AvgIpc) is 3.36. The molecule has 1 amide bonds. The molecule has 0 saturated heterocycles. The molecule has 0 aromatic heterocycles. The first-order valence-electron chi connectivity index (χ1n) is 32.0. The molecule has 0 spiro atoms. The van der Waals surface area contributed by atoms with Gasteiger partial charge in [-0.3, -0.25) is 9.59 Å².